The van der Waals surface area contributed by atoms with E-state index in [-0.39, 0.29) is 6.04 Å². The van der Waals surface area contributed by atoms with E-state index in [0.717, 1.165) is 12.1 Å². The van der Waals surface area contributed by atoms with Gasteiger partial charge in [-0.1, -0.05) is 12.1 Å². The molecule has 1 atom stereocenters. The zero-order valence-corrected chi connectivity index (χ0v) is 10.7. The number of carboxylic acid groups (broad SMARTS) is 1. The third-order valence-electron chi connectivity index (χ3n) is 2.78. The molecule has 100 valence electrons. The Balaban J connectivity index is 1.83. The molecule has 1 aromatic carbocycles. The summed E-state index contributed by atoms with van der Waals surface area (Å²) in [6.07, 6.45) is 3.19. The van der Waals surface area contributed by atoms with Gasteiger partial charge in [0.25, 0.3) is 0 Å². The monoisotopic (exact) mass is 260 g/mol. The number of carbonyl (C=O) groups is 1. The van der Waals surface area contributed by atoms with Gasteiger partial charge in [0.15, 0.2) is 0 Å². The van der Waals surface area contributed by atoms with Gasteiger partial charge in [0.05, 0.1) is 12.1 Å². The molecule has 1 unspecified atom stereocenters. The summed E-state index contributed by atoms with van der Waals surface area (Å²) in [5.41, 5.74) is 1.36. The molecule has 0 aliphatic carbocycles. The highest BCUT2D eigenvalue weighted by Crippen LogP contribution is 2.04. The molecule has 2 aromatic rings. The van der Waals surface area contributed by atoms with Crippen LogP contribution in [0.3, 0.4) is 0 Å². The highest BCUT2D eigenvalue weighted by molar-refractivity contribution is 5.87. The number of aromatic carboxylic acids is 1. The van der Waals surface area contributed by atoms with Crippen molar-refractivity contribution in [2.75, 3.05) is 0 Å². The normalized spacial score (nSPS) is 12.3. The average Bonchev–Trinajstić information content (AvgIpc) is 2.89. The Morgan fingerprint density at radius 1 is 1.42 bits per heavy atom. The molecule has 0 fully saturated rings. The fourth-order valence-electron chi connectivity index (χ4n) is 1.73. The van der Waals surface area contributed by atoms with E-state index < -0.39 is 5.97 Å². The van der Waals surface area contributed by atoms with Crippen LogP contribution >= 0.6 is 0 Å². The van der Waals surface area contributed by atoms with Gasteiger partial charge in [-0.05, 0) is 24.6 Å². The molecule has 0 saturated carbocycles. The summed E-state index contributed by atoms with van der Waals surface area (Å²) in [7, 11) is 0. The van der Waals surface area contributed by atoms with Gasteiger partial charge >= 0.3 is 5.97 Å². The minimum atomic E-state index is -0.904. The number of aromatic nitrogens is 3. The molecule has 0 radical (unpaired) electrons. The summed E-state index contributed by atoms with van der Waals surface area (Å²) in [4.78, 5) is 14.6. The zero-order valence-electron chi connectivity index (χ0n) is 10.7. The predicted octanol–water partition coefficient (Wildman–Crippen LogP) is 1.15. The largest absolute Gasteiger partial charge is 0.478 e. The van der Waals surface area contributed by atoms with E-state index in [4.69, 9.17) is 5.11 Å². The standard InChI is InChI=1S/C13H16N4O2/c1-10(7-17-9-14-8-16-17)15-6-11-2-4-12(5-3-11)13(18)19/h2-5,8-10,15H,6-7H2,1H3,(H,18,19). The van der Waals surface area contributed by atoms with E-state index in [2.05, 4.69) is 22.3 Å². The van der Waals surface area contributed by atoms with Crippen LogP contribution in [0.2, 0.25) is 0 Å². The van der Waals surface area contributed by atoms with Gasteiger partial charge in [0.1, 0.15) is 12.7 Å². The highest BCUT2D eigenvalue weighted by atomic mass is 16.4. The van der Waals surface area contributed by atoms with Crippen molar-refractivity contribution >= 4 is 5.97 Å². The van der Waals surface area contributed by atoms with Crippen LogP contribution in [0.15, 0.2) is 36.9 Å². The second kappa shape index (κ2) is 6.10. The van der Waals surface area contributed by atoms with Crippen molar-refractivity contribution in [1.82, 2.24) is 20.1 Å². The number of carboxylic acids is 1. The number of hydrogen-bond acceptors (Lipinski definition) is 4. The highest BCUT2D eigenvalue weighted by Gasteiger charge is 2.04. The lowest BCUT2D eigenvalue weighted by molar-refractivity contribution is 0.0697. The van der Waals surface area contributed by atoms with E-state index in [1.54, 1.807) is 23.1 Å². The van der Waals surface area contributed by atoms with Crippen LogP contribution in [-0.2, 0) is 13.1 Å². The minimum Gasteiger partial charge on any atom is -0.478 e. The average molecular weight is 260 g/mol. The van der Waals surface area contributed by atoms with Gasteiger partial charge in [-0.25, -0.2) is 9.78 Å². The summed E-state index contributed by atoms with van der Waals surface area (Å²) >= 11 is 0. The Bertz CT molecular complexity index is 522. The molecule has 6 nitrogen and oxygen atoms in total. The molecule has 0 spiro atoms. The lowest BCUT2D eigenvalue weighted by Gasteiger charge is -2.13. The molecule has 1 aromatic heterocycles. The van der Waals surface area contributed by atoms with Gasteiger partial charge in [0, 0.05) is 12.6 Å². The van der Waals surface area contributed by atoms with E-state index in [9.17, 15) is 4.79 Å². The molecule has 19 heavy (non-hydrogen) atoms. The van der Waals surface area contributed by atoms with Crippen molar-refractivity contribution in [3.05, 3.63) is 48.0 Å². The second-order valence-corrected chi connectivity index (χ2v) is 4.40. The van der Waals surface area contributed by atoms with Gasteiger partial charge in [-0.2, -0.15) is 5.10 Å². The number of rotatable bonds is 6. The summed E-state index contributed by atoms with van der Waals surface area (Å²) in [6.45, 7) is 3.50. The maximum Gasteiger partial charge on any atom is 0.335 e. The van der Waals surface area contributed by atoms with Crippen LogP contribution in [0.25, 0.3) is 0 Å². The Kier molecular flexibility index (Phi) is 4.25. The fourth-order valence-corrected chi connectivity index (χ4v) is 1.73. The minimum absolute atomic E-state index is 0.251. The molecule has 6 heteroatoms. The lowest BCUT2D eigenvalue weighted by atomic mass is 10.1. The quantitative estimate of drug-likeness (QED) is 0.814. The van der Waals surface area contributed by atoms with Crippen LogP contribution < -0.4 is 5.32 Å². The lowest BCUT2D eigenvalue weighted by Crippen LogP contribution is -2.30. The van der Waals surface area contributed by atoms with Crippen molar-refractivity contribution < 1.29 is 9.90 Å². The summed E-state index contributed by atoms with van der Waals surface area (Å²) < 4.78 is 1.77. The second-order valence-electron chi connectivity index (χ2n) is 4.40. The van der Waals surface area contributed by atoms with Crippen LogP contribution in [0.1, 0.15) is 22.8 Å². The summed E-state index contributed by atoms with van der Waals surface area (Å²) in [5.74, 6) is -0.904. The first kappa shape index (κ1) is 13.2. The van der Waals surface area contributed by atoms with Gasteiger partial charge in [-0.15, -0.1) is 0 Å². The third-order valence-corrected chi connectivity index (χ3v) is 2.78. The molecule has 0 bridgehead atoms. The van der Waals surface area contributed by atoms with Crippen LogP contribution in [0.5, 0.6) is 0 Å². The van der Waals surface area contributed by atoms with Crippen molar-refractivity contribution in [2.24, 2.45) is 0 Å². The Morgan fingerprint density at radius 2 is 2.16 bits per heavy atom. The smallest absolute Gasteiger partial charge is 0.335 e. The van der Waals surface area contributed by atoms with Crippen molar-refractivity contribution in [2.45, 2.75) is 26.1 Å². The molecular weight excluding hydrogens is 244 g/mol. The van der Waals surface area contributed by atoms with E-state index in [1.807, 2.05) is 12.1 Å². The first-order valence-electron chi connectivity index (χ1n) is 6.03. The molecule has 0 aliphatic rings. The van der Waals surface area contributed by atoms with Crippen molar-refractivity contribution in [3.63, 3.8) is 0 Å². The predicted molar refractivity (Wildman–Crippen MR) is 69.7 cm³/mol. The summed E-state index contributed by atoms with van der Waals surface area (Å²) in [5, 5.41) is 16.2. The zero-order chi connectivity index (χ0) is 13.7. The maximum atomic E-state index is 10.7. The molecule has 0 amide bonds. The fraction of sp³-hybridized carbons (Fsp3) is 0.308. The van der Waals surface area contributed by atoms with Gasteiger partial charge in [0.2, 0.25) is 0 Å². The maximum absolute atomic E-state index is 10.7. The molecule has 0 saturated heterocycles. The topological polar surface area (TPSA) is 80.0 Å². The van der Waals surface area contributed by atoms with E-state index >= 15 is 0 Å². The number of nitrogens with zero attached hydrogens (tertiary/aromatic N) is 3. The Labute approximate surface area is 111 Å². The molecular formula is C13H16N4O2. The number of hydrogen-bond donors (Lipinski definition) is 2. The summed E-state index contributed by atoms with van der Waals surface area (Å²) in [6, 6.07) is 7.11. The molecule has 1 heterocycles. The first-order chi connectivity index (χ1) is 9.15. The Morgan fingerprint density at radius 3 is 2.74 bits per heavy atom. The third kappa shape index (κ3) is 3.89. The first-order valence-corrected chi connectivity index (χ1v) is 6.03. The number of nitrogens with one attached hydrogen (secondary N) is 1. The van der Waals surface area contributed by atoms with Gasteiger partial charge < -0.3 is 10.4 Å². The number of benzene rings is 1. The van der Waals surface area contributed by atoms with Crippen molar-refractivity contribution in [1.29, 1.82) is 0 Å². The van der Waals surface area contributed by atoms with Crippen LogP contribution in [-0.4, -0.2) is 31.9 Å². The van der Waals surface area contributed by atoms with Crippen LogP contribution in [0, 0.1) is 0 Å². The van der Waals surface area contributed by atoms with E-state index in [1.165, 1.54) is 6.33 Å². The van der Waals surface area contributed by atoms with Crippen LogP contribution in [0.4, 0.5) is 0 Å². The molecule has 2 N–H and O–H groups in total. The molecule has 0 aliphatic heterocycles. The van der Waals surface area contributed by atoms with Crippen molar-refractivity contribution in [3.8, 4) is 0 Å². The van der Waals surface area contributed by atoms with E-state index in [0.29, 0.717) is 12.1 Å². The Hall–Kier alpha value is -2.21. The SMILES string of the molecule is CC(Cn1cncn1)NCc1ccc(C(=O)O)cc1. The molecule has 2 rings (SSSR count). The van der Waals surface area contributed by atoms with Gasteiger partial charge in [-0.3, -0.25) is 4.68 Å².